The van der Waals surface area contributed by atoms with Gasteiger partial charge in [-0.2, -0.15) is 5.10 Å². The van der Waals surface area contributed by atoms with Gasteiger partial charge in [0.2, 0.25) is 0 Å². The summed E-state index contributed by atoms with van der Waals surface area (Å²) in [6, 6.07) is 13.7. The molecule has 2 amide bonds. The molecular weight excluding hydrogens is 428 g/mol. The fraction of sp³-hybridized carbons (Fsp3) is 0.333. The third-order valence-corrected chi connectivity index (χ3v) is 5.86. The Hall–Kier alpha value is -3.30. The Morgan fingerprint density at radius 2 is 1.91 bits per heavy atom. The summed E-state index contributed by atoms with van der Waals surface area (Å²) < 4.78 is 33.8. The summed E-state index contributed by atoms with van der Waals surface area (Å²) in [6.07, 6.45) is 0. The van der Waals surface area contributed by atoms with Crippen molar-refractivity contribution in [2.75, 3.05) is 38.7 Å². The number of halogens is 2. The lowest BCUT2D eigenvalue weighted by Gasteiger charge is -2.20. The van der Waals surface area contributed by atoms with Crippen molar-refractivity contribution in [3.63, 3.8) is 0 Å². The summed E-state index contributed by atoms with van der Waals surface area (Å²) in [6.45, 7) is 2.63. The maximum Gasteiger partial charge on any atom is 0.320 e. The molecule has 2 heterocycles. The van der Waals surface area contributed by atoms with E-state index in [-0.39, 0.29) is 29.6 Å². The average molecular weight is 456 g/mol. The fourth-order valence-electron chi connectivity index (χ4n) is 4.18. The molecule has 0 spiro atoms. The monoisotopic (exact) mass is 455 g/mol. The molecule has 0 saturated carbocycles. The number of methoxy groups -OCH3 is 1. The quantitative estimate of drug-likeness (QED) is 0.571. The predicted octanol–water partition coefficient (Wildman–Crippen LogP) is 3.60. The van der Waals surface area contributed by atoms with E-state index in [0.717, 1.165) is 17.7 Å². The lowest BCUT2D eigenvalue weighted by molar-refractivity contribution is 0.159. The first-order valence-electron chi connectivity index (χ1n) is 10.8. The molecule has 1 aliphatic rings. The molecule has 0 aliphatic carbocycles. The maximum atomic E-state index is 13.8. The third-order valence-electron chi connectivity index (χ3n) is 5.86. The van der Waals surface area contributed by atoms with Gasteiger partial charge in [-0.15, -0.1) is 0 Å². The van der Waals surface area contributed by atoms with Gasteiger partial charge in [0.05, 0.1) is 18.3 Å². The van der Waals surface area contributed by atoms with Crippen LogP contribution in [-0.4, -0.2) is 60.1 Å². The zero-order valence-electron chi connectivity index (χ0n) is 18.6. The maximum absolute atomic E-state index is 13.8. The van der Waals surface area contributed by atoms with E-state index in [0.29, 0.717) is 31.2 Å². The zero-order chi connectivity index (χ0) is 23.4. The molecule has 7 nitrogen and oxygen atoms in total. The Morgan fingerprint density at radius 3 is 2.64 bits per heavy atom. The Morgan fingerprint density at radius 1 is 1.12 bits per heavy atom. The largest absolute Gasteiger partial charge is 0.383 e. The molecule has 174 valence electrons. The van der Waals surface area contributed by atoms with Crippen LogP contribution >= 0.6 is 0 Å². The fourth-order valence-corrected chi connectivity index (χ4v) is 4.18. The molecule has 33 heavy (non-hydrogen) atoms. The van der Waals surface area contributed by atoms with Gasteiger partial charge in [-0.25, -0.2) is 13.6 Å². The second kappa shape index (κ2) is 10.1. The van der Waals surface area contributed by atoms with Crippen LogP contribution in [0.15, 0.2) is 54.6 Å². The van der Waals surface area contributed by atoms with E-state index < -0.39 is 0 Å². The number of urea groups is 1. The number of anilines is 1. The SMILES string of the molecule is COCCN1C[C@@H](NC(=O)Nc2cc(-c3ccc(F)cc3)nn2C)[C@H](c2cccc(F)c2)C1. The number of rotatable bonds is 7. The number of aryl methyl sites for hydroxylation is 1. The summed E-state index contributed by atoms with van der Waals surface area (Å²) in [4.78, 5) is 15.0. The number of amides is 2. The van der Waals surface area contributed by atoms with Crippen molar-refractivity contribution < 1.29 is 18.3 Å². The average Bonchev–Trinajstić information content (AvgIpc) is 3.36. The lowest BCUT2D eigenvalue weighted by atomic mass is 9.94. The van der Waals surface area contributed by atoms with Crippen LogP contribution in [-0.2, 0) is 11.8 Å². The topological polar surface area (TPSA) is 71.4 Å². The van der Waals surface area contributed by atoms with Gasteiger partial charge >= 0.3 is 6.03 Å². The van der Waals surface area contributed by atoms with Gasteiger partial charge in [0.1, 0.15) is 17.5 Å². The van der Waals surface area contributed by atoms with Crippen molar-refractivity contribution in [2.45, 2.75) is 12.0 Å². The standard InChI is InChI=1S/C24H27F2N5O2/c1-30-23(13-21(29-30)16-6-8-18(25)9-7-16)28-24(32)27-22-15-31(10-11-33-2)14-20(22)17-4-3-5-19(26)12-17/h3-9,12-13,20,22H,10-11,14-15H2,1-2H3,(H2,27,28,32)/t20-,22+/m0/s1. The molecule has 1 fully saturated rings. The van der Waals surface area contributed by atoms with E-state index in [4.69, 9.17) is 4.74 Å². The highest BCUT2D eigenvalue weighted by Gasteiger charge is 2.35. The molecule has 0 unspecified atom stereocenters. The van der Waals surface area contributed by atoms with Crippen LogP contribution in [0.2, 0.25) is 0 Å². The minimum atomic E-state index is -0.372. The molecule has 2 atom stereocenters. The number of nitrogens with zero attached hydrogens (tertiary/aromatic N) is 3. The summed E-state index contributed by atoms with van der Waals surface area (Å²) in [7, 11) is 3.37. The molecule has 2 N–H and O–H groups in total. The Bertz CT molecular complexity index is 1100. The molecule has 0 bridgehead atoms. The van der Waals surface area contributed by atoms with E-state index >= 15 is 0 Å². The van der Waals surface area contributed by atoms with Gasteiger partial charge in [0, 0.05) is 51.3 Å². The number of aromatic nitrogens is 2. The molecule has 2 aromatic carbocycles. The second-order valence-electron chi connectivity index (χ2n) is 8.16. The number of nitrogens with one attached hydrogen (secondary N) is 2. The highest BCUT2D eigenvalue weighted by molar-refractivity contribution is 5.89. The smallest absolute Gasteiger partial charge is 0.320 e. The third kappa shape index (κ3) is 5.55. The number of carbonyl (C=O) groups is 1. The number of hydrogen-bond donors (Lipinski definition) is 2. The van der Waals surface area contributed by atoms with Gasteiger partial charge in [0.15, 0.2) is 0 Å². The van der Waals surface area contributed by atoms with Crippen molar-refractivity contribution in [3.05, 3.63) is 71.8 Å². The minimum absolute atomic E-state index is 0.0513. The van der Waals surface area contributed by atoms with E-state index in [1.807, 2.05) is 6.07 Å². The van der Waals surface area contributed by atoms with Gasteiger partial charge in [-0.05, 0) is 42.0 Å². The number of likely N-dealkylation sites (tertiary alicyclic amines) is 1. The van der Waals surface area contributed by atoms with Crippen molar-refractivity contribution in [1.29, 1.82) is 0 Å². The second-order valence-corrected chi connectivity index (χ2v) is 8.16. The molecule has 0 radical (unpaired) electrons. The number of carbonyl (C=O) groups excluding carboxylic acids is 1. The van der Waals surface area contributed by atoms with Gasteiger partial charge in [0.25, 0.3) is 0 Å². The van der Waals surface area contributed by atoms with Gasteiger partial charge in [-0.3, -0.25) is 14.9 Å². The Labute approximate surface area is 191 Å². The van der Waals surface area contributed by atoms with Crippen LogP contribution in [0.5, 0.6) is 0 Å². The molecule has 1 aliphatic heterocycles. The van der Waals surface area contributed by atoms with Crippen LogP contribution in [0, 0.1) is 11.6 Å². The van der Waals surface area contributed by atoms with Crippen LogP contribution in [0.4, 0.5) is 19.4 Å². The van der Waals surface area contributed by atoms with Crippen molar-refractivity contribution in [1.82, 2.24) is 20.0 Å². The minimum Gasteiger partial charge on any atom is -0.383 e. The van der Waals surface area contributed by atoms with Gasteiger partial charge < -0.3 is 10.1 Å². The first kappa shape index (κ1) is 22.9. The highest BCUT2D eigenvalue weighted by atomic mass is 19.1. The molecular formula is C24H27F2N5O2. The van der Waals surface area contributed by atoms with E-state index in [9.17, 15) is 13.6 Å². The lowest BCUT2D eigenvalue weighted by Crippen LogP contribution is -2.42. The number of benzene rings is 2. The first-order chi connectivity index (χ1) is 15.9. The normalized spacial score (nSPS) is 18.4. The van der Waals surface area contributed by atoms with Gasteiger partial charge in [-0.1, -0.05) is 12.1 Å². The number of hydrogen-bond acceptors (Lipinski definition) is 4. The molecule has 3 aromatic rings. The van der Waals surface area contributed by atoms with Crippen LogP contribution in [0.1, 0.15) is 11.5 Å². The van der Waals surface area contributed by atoms with E-state index in [2.05, 4.69) is 20.6 Å². The Balaban J connectivity index is 1.46. The zero-order valence-corrected chi connectivity index (χ0v) is 18.6. The summed E-state index contributed by atoms with van der Waals surface area (Å²) in [5.41, 5.74) is 2.22. The van der Waals surface area contributed by atoms with Crippen LogP contribution in [0.25, 0.3) is 11.3 Å². The van der Waals surface area contributed by atoms with E-state index in [1.165, 1.54) is 24.3 Å². The molecule has 9 heteroatoms. The molecule has 1 saturated heterocycles. The summed E-state index contributed by atoms with van der Waals surface area (Å²) in [5, 5.41) is 10.3. The highest BCUT2D eigenvalue weighted by Crippen LogP contribution is 2.28. The van der Waals surface area contributed by atoms with Crippen molar-refractivity contribution in [2.24, 2.45) is 7.05 Å². The Kier molecular flexibility index (Phi) is 7.00. The van der Waals surface area contributed by atoms with Crippen LogP contribution in [0.3, 0.4) is 0 Å². The van der Waals surface area contributed by atoms with E-state index in [1.54, 1.807) is 43.1 Å². The van der Waals surface area contributed by atoms with Crippen molar-refractivity contribution in [3.8, 4) is 11.3 Å². The summed E-state index contributed by atoms with van der Waals surface area (Å²) in [5.74, 6) is -0.168. The molecule has 1 aromatic heterocycles. The van der Waals surface area contributed by atoms with Crippen molar-refractivity contribution >= 4 is 11.8 Å². The van der Waals surface area contributed by atoms with Crippen LogP contribution < -0.4 is 10.6 Å². The first-order valence-corrected chi connectivity index (χ1v) is 10.8. The summed E-state index contributed by atoms with van der Waals surface area (Å²) >= 11 is 0. The number of ether oxygens (including phenoxy) is 1. The predicted molar refractivity (Wildman–Crippen MR) is 122 cm³/mol. The molecule has 4 rings (SSSR count).